The Morgan fingerprint density at radius 2 is 2.00 bits per heavy atom. The van der Waals surface area contributed by atoms with E-state index in [1.165, 1.54) is 0 Å². The molecule has 0 aromatic rings. The molecule has 98 valence electrons. The van der Waals surface area contributed by atoms with Crippen LogP contribution in [0.15, 0.2) is 0 Å². The van der Waals surface area contributed by atoms with Crippen LogP contribution in [0.2, 0.25) is 0 Å². The van der Waals surface area contributed by atoms with E-state index in [0.29, 0.717) is 19.8 Å². The molecule has 0 spiro atoms. The van der Waals surface area contributed by atoms with E-state index in [4.69, 9.17) is 9.47 Å². The van der Waals surface area contributed by atoms with Gasteiger partial charge >= 0.3 is 0 Å². The highest BCUT2D eigenvalue weighted by Crippen LogP contribution is 2.31. The van der Waals surface area contributed by atoms with Crippen molar-refractivity contribution in [3.05, 3.63) is 0 Å². The number of morpholine rings is 1. The molecule has 2 aliphatic rings. The number of carbonyl (C=O) groups is 1. The topological polar surface area (TPSA) is 50.8 Å². The first-order valence-electron chi connectivity index (χ1n) is 6.35. The third-order valence-electron chi connectivity index (χ3n) is 3.73. The van der Waals surface area contributed by atoms with Crippen molar-refractivity contribution in [1.82, 2.24) is 10.2 Å². The number of nitrogens with one attached hydrogen (secondary N) is 1. The minimum atomic E-state index is -0.308. The summed E-state index contributed by atoms with van der Waals surface area (Å²) in [5.74, 6) is 0.254. The molecular formula is C12H22N2O3. The minimum Gasteiger partial charge on any atom is -0.384 e. The van der Waals surface area contributed by atoms with Crippen molar-refractivity contribution in [2.45, 2.75) is 12.8 Å². The second-order valence-corrected chi connectivity index (χ2v) is 4.87. The molecule has 0 unspecified atom stereocenters. The molecule has 2 fully saturated rings. The van der Waals surface area contributed by atoms with Crippen LogP contribution < -0.4 is 5.32 Å². The summed E-state index contributed by atoms with van der Waals surface area (Å²) in [6.07, 6.45) is 1.74. The van der Waals surface area contributed by atoms with E-state index in [2.05, 4.69) is 5.32 Å². The van der Waals surface area contributed by atoms with Gasteiger partial charge in [0, 0.05) is 20.2 Å². The quantitative estimate of drug-likeness (QED) is 0.748. The van der Waals surface area contributed by atoms with Gasteiger partial charge in [-0.2, -0.15) is 0 Å². The molecule has 5 heteroatoms. The zero-order valence-electron chi connectivity index (χ0n) is 10.5. The van der Waals surface area contributed by atoms with Crippen LogP contribution in [0.1, 0.15) is 12.8 Å². The maximum absolute atomic E-state index is 12.6. The lowest BCUT2D eigenvalue weighted by Gasteiger charge is -2.40. The van der Waals surface area contributed by atoms with Crippen molar-refractivity contribution in [2.24, 2.45) is 5.41 Å². The fraction of sp³-hybridized carbons (Fsp3) is 0.917. The van der Waals surface area contributed by atoms with E-state index in [1.54, 1.807) is 7.11 Å². The van der Waals surface area contributed by atoms with E-state index in [9.17, 15) is 4.79 Å². The van der Waals surface area contributed by atoms with Gasteiger partial charge in [0.05, 0.1) is 25.2 Å². The number of hydrogen-bond acceptors (Lipinski definition) is 4. The second kappa shape index (κ2) is 5.80. The van der Waals surface area contributed by atoms with Crippen molar-refractivity contribution < 1.29 is 14.3 Å². The van der Waals surface area contributed by atoms with E-state index < -0.39 is 0 Å². The Kier molecular flexibility index (Phi) is 4.36. The van der Waals surface area contributed by atoms with Crippen LogP contribution in [-0.2, 0) is 14.3 Å². The molecule has 2 rings (SSSR count). The summed E-state index contributed by atoms with van der Waals surface area (Å²) < 4.78 is 10.6. The highest BCUT2D eigenvalue weighted by molar-refractivity contribution is 5.83. The number of piperidine rings is 1. The zero-order valence-corrected chi connectivity index (χ0v) is 10.5. The molecule has 5 nitrogen and oxygen atoms in total. The fourth-order valence-electron chi connectivity index (χ4n) is 2.70. The Balaban J connectivity index is 2.05. The fourth-order valence-corrected chi connectivity index (χ4v) is 2.70. The van der Waals surface area contributed by atoms with Gasteiger partial charge in [0.1, 0.15) is 0 Å². The van der Waals surface area contributed by atoms with E-state index in [0.717, 1.165) is 39.0 Å². The van der Waals surface area contributed by atoms with Gasteiger partial charge in [-0.25, -0.2) is 0 Å². The summed E-state index contributed by atoms with van der Waals surface area (Å²) in [5, 5.41) is 3.30. The molecule has 17 heavy (non-hydrogen) atoms. The van der Waals surface area contributed by atoms with Crippen LogP contribution in [0.5, 0.6) is 0 Å². The van der Waals surface area contributed by atoms with Crippen molar-refractivity contribution in [1.29, 1.82) is 0 Å². The van der Waals surface area contributed by atoms with Gasteiger partial charge in [0.15, 0.2) is 0 Å². The van der Waals surface area contributed by atoms with Crippen LogP contribution in [0, 0.1) is 5.41 Å². The monoisotopic (exact) mass is 242 g/mol. The molecule has 2 heterocycles. The SMILES string of the molecule is COCC1(C(=O)N2CCOCC2)CCNCC1. The van der Waals surface area contributed by atoms with Crippen LogP contribution in [0.4, 0.5) is 0 Å². The maximum atomic E-state index is 12.6. The Morgan fingerprint density at radius 3 is 2.59 bits per heavy atom. The van der Waals surface area contributed by atoms with E-state index >= 15 is 0 Å². The third kappa shape index (κ3) is 2.78. The first-order valence-corrected chi connectivity index (χ1v) is 6.35. The molecule has 0 radical (unpaired) electrons. The summed E-state index contributed by atoms with van der Waals surface area (Å²) in [7, 11) is 1.68. The first-order chi connectivity index (χ1) is 8.28. The third-order valence-corrected chi connectivity index (χ3v) is 3.73. The maximum Gasteiger partial charge on any atom is 0.231 e. The molecule has 1 N–H and O–H groups in total. The summed E-state index contributed by atoms with van der Waals surface area (Å²) in [5.41, 5.74) is -0.308. The summed E-state index contributed by atoms with van der Waals surface area (Å²) in [4.78, 5) is 14.6. The van der Waals surface area contributed by atoms with Gasteiger partial charge < -0.3 is 19.7 Å². The van der Waals surface area contributed by atoms with Gasteiger partial charge in [-0.05, 0) is 25.9 Å². The number of amides is 1. The average molecular weight is 242 g/mol. The summed E-state index contributed by atoms with van der Waals surface area (Å²) in [6.45, 7) is 5.10. The normalized spacial score (nSPS) is 24.6. The lowest BCUT2D eigenvalue weighted by molar-refractivity contribution is -0.151. The van der Waals surface area contributed by atoms with E-state index in [-0.39, 0.29) is 11.3 Å². The predicted octanol–water partition coefficient (Wildman–Crippen LogP) is -0.139. The number of methoxy groups -OCH3 is 1. The highest BCUT2D eigenvalue weighted by atomic mass is 16.5. The Bertz CT molecular complexity index is 253. The van der Waals surface area contributed by atoms with Crippen LogP contribution >= 0.6 is 0 Å². The molecule has 0 bridgehead atoms. The van der Waals surface area contributed by atoms with Crippen molar-refractivity contribution >= 4 is 5.91 Å². The second-order valence-electron chi connectivity index (χ2n) is 4.87. The highest BCUT2D eigenvalue weighted by Gasteiger charge is 2.42. The van der Waals surface area contributed by atoms with Gasteiger partial charge in [-0.15, -0.1) is 0 Å². The number of nitrogens with zero attached hydrogens (tertiary/aromatic N) is 1. The Labute approximate surface area is 102 Å². The van der Waals surface area contributed by atoms with Crippen molar-refractivity contribution in [3.63, 3.8) is 0 Å². The van der Waals surface area contributed by atoms with Gasteiger partial charge in [0.25, 0.3) is 0 Å². The summed E-state index contributed by atoms with van der Waals surface area (Å²) >= 11 is 0. The molecule has 0 saturated carbocycles. The van der Waals surface area contributed by atoms with Crippen molar-refractivity contribution in [3.8, 4) is 0 Å². The summed E-state index contributed by atoms with van der Waals surface area (Å²) in [6, 6.07) is 0. The number of rotatable bonds is 3. The Morgan fingerprint density at radius 1 is 1.35 bits per heavy atom. The average Bonchev–Trinajstić information content (AvgIpc) is 2.40. The molecular weight excluding hydrogens is 220 g/mol. The molecule has 0 aliphatic carbocycles. The number of ether oxygens (including phenoxy) is 2. The van der Waals surface area contributed by atoms with Crippen LogP contribution in [0.3, 0.4) is 0 Å². The predicted molar refractivity (Wildman–Crippen MR) is 63.8 cm³/mol. The van der Waals surface area contributed by atoms with Crippen LogP contribution in [-0.4, -0.2) is 63.9 Å². The largest absolute Gasteiger partial charge is 0.384 e. The standard InChI is InChI=1S/C12H22N2O3/c1-16-10-12(2-4-13-5-3-12)11(15)14-6-8-17-9-7-14/h13H,2-10H2,1H3. The molecule has 2 aliphatic heterocycles. The lowest BCUT2D eigenvalue weighted by Crippen LogP contribution is -2.54. The lowest BCUT2D eigenvalue weighted by atomic mass is 9.78. The van der Waals surface area contributed by atoms with Gasteiger partial charge in [0.2, 0.25) is 5.91 Å². The Hall–Kier alpha value is -0.650. The van der Waals surface area contributed by atoms with Gasteiger partial charge in [-0.1, -0.05) is 0 Å². The molecule has 1 amide bonds. The zero-order chi connectivity index (χ0) is 12.1. The van der Waals surface area contributed by atoms with E-state index in [1.807, 2.05) is 4.90 Å². The minimum absolute atomic E-state index is 0.254. The number of carbonyl (C=O) groups excluding carboxylic acids is 1. The van der Waals surface area contributed by atoms with Crippen LogP contribution in [0.25, 0.3) is 0 Å². The van der Waals surface area contributed by atoms with Crippen molar-refractivity contribution in [2.75, 3.05) is 53.1 Å². The smallest absolute Gasteiger partial charge is 0.231 e. The molecule has 0 aromatic heterocycles. The van der Waals surface area contributed by atoms with Gasteiger partial charge in [-0.3, -0.25) is 4.79 Å². The molecule has 2 saturated heterocycles. The molecule has 0 atom stereocenters. The number of hydrogen-bond donors (Lipinski definition) is 1. The molecule has 0 aromatic carbocycles. The first kappa shape index (κ1) is 12.8.